The van der Waals surface area contributed by atoms with E-state index in [0.717, 1.165) is 24.4 Å². The number of hydrogen-bond donors (Lipinski definition) is 1. The van der Waals surface area contributed by atoms with E-state index in [0.29, 0.717) is 48.3 Å². The first-order chi connectivity index (χ1) is 15.4. The highest BCUT2D eigenvalue weighted by atomic mass is 32.1. The molecule has 0 unspecified atom stereocenters. The van der Waals surface area contributed by atoms with Gasteiger partial charge in [-0.1, -0.05) is 0 Å². The van der Waals surface area contributed by atoms with Crippen molar-refractivity contribution in [3.63, 3.8) is 0 Å². The van der Waals surface area contributed by atoms with Crippen molar-refractivity contribution in [2.24, 2.45) is 5.92 Å². The third kappa shape index (κ3) is 4.13. The first-order valence-electron chi connectivity index (χ1n) is 10.2. The molecular weight excluding hydrogens is 434 g/mol. The highest BCUT2D eigenvalue weighted by Gasteiger charge is 2.33. The lowest BCUT2D eigenvalue weighted by Crippen LogP contribution is -2.50. The van der Waals surface area contributed by atoms with Crippen LogP contribution in [0.1, 0.15) is 35.2 Å². The Bertz CT molecular complexity index is 1220. The van der Waals surface area contributed by atoms with Crippen LogP contribution in [-0.4, -0.2) is 62.6 Å². The van der Waals surface area contributed by atoms with Crippen molar-refractivity contribution in [3.8, 4) is 5.13 Å². The molecule has 3 aromatic heterocycles. The average Bonchev–Trinajstić information content (AvgIpc) is 3.24. The molecule has 32 heavy (non-hydrogen) atoms. The van der Waals surface area contributed by atoms with Crippen molar-refractivity contribution < 1.29 is 19.4 Å². The minimum atomic E-state index is -1.31. The van der Waals surface area contributed by atoms with E-state index in [-0.39, 0.29) is 22.7 Å². The molecule has 0 saturated carbocycles. The van der Waals surface area contributed by atoms with Gasteiger partial charge in [0.25, 0.3) is 0 Å². The van der Waals surface area contributed by atoms with Crippen LogP contribution in [0.5, 0.6) is 0 Å². The van der Waals surface area contributed by atoms with E-state index in [2.05, 4.69) is 14.3 Å². The van der Waals surface area contributed by atoms with Gasteiger partial charge in [-0.25, -0.2) is 14.8 Å². The summed E-state index contributed by atoms with van der Waals surface area (Å²) in [7, 11) is 1.65. The molecule has 10 nitrogen and oxygen atoms in total. The number of pyridine rings is 2. The van der Waals surface area contributed by atoms with Crippen LogP contribution in [0.25, 0.3) is 16.2 Å². The minimum absolute atomic E-state index is 0.0323. The summed E-state index contributed by atoms with van der Waals surface area (Å²) in [6, 6.07) is 1.76. The summed E-state index contributed by atoms with van der Waals surface area (Å²) >= 11 is 1.07. The summed E-state index contributed by atoms with van der Waals surface area (Å²) in [5.41, 5.74) is -0.00206. The van der Waals surface area contributed by atoms with Gasteiger partial charge in [-0.15, -0.1) is 0 Å². The molecule has 1 aliphatic rings. The van der Waals surface area contributed by atoms with Crippen LogP contribution in [0.15, 0.2) is 23.4 Å². The SMILES string of the molecule is COCCCCC(=O)C1CN(c2cc(C)c3c(=O)c(C(=O)O)cn(-c4ncns4)c3n2)C1. The van der Waals surface area contributed by atoms with E-state index in [9.17, 15) is 19.5 Å². The van der Waals surface area contributed by atoms with Crippen LogP contribution < -0.4 is 10.3 Å². The Morgan fingerprint density at radius 3 is 2.75 bits per heavy atom. The number of carbonyl (C=O) groups excluding carboxylic acids is 1. The topological polar surface area (TPSA) is 128 Å². The molecule has 168 valence electrons. The number of anilines is 1. The molecule has 11 heteroatoms. The zero-order chi connectivity index (χ0) is 22.8. The highest BCUT2D eigenvalue weighted by molar-refractivity contribution is 7.08. The number of fused-ring (bicyclic) bond motifs is 1. The van der Waals surface area contributed by atoms with Crippen LogP contribution in [0.3, 0.4) is 0 Å². The molecule has 1 fully saturated rings. The lowest BCUT2D eigenvalue weighted by Gasteiger charge is -2.39. The molecule has 0 amide bonds. The van der Waals surface area contributed by atoms with E-state index >= 15 is 0 Å². The number of nitrogens with zero attached hydrogens (tertiary/aromatic N) is 5. The van der Waals surface area contributed by atoms with Crippen LogP contribution in [0, 0.1) is 12.8 Å². The third-order valence-corrected chi connectivity index (χ3v) is 6.28. The van der Waals surface area contributed by atoms with E-state index in [1.807, 2.05) is 4.90 Å². The predicted octanol–water partition coefficient (Wildman–Crippen LogP) is 2.07. The number of methoxy groups -OCH3 is 1. The van der Waals surface area contributed by atoms with Gasteiger partial charge in [0.05, 0.1) is 11.3 Å². The van der Waals surface area contributed by atoms with Gasteiger partial charge >= 0.3 is 5.97 Å². The molecule has 0 bridgehead atoms. The number of unbranched alkanes of at least 4 members (excludes halogenated alkanes) is 1. The molecule has 4 heterocycles. The summed E-state index contributed by atoms with van der Waals surface area (Å²) in [6.07, 6.45) is 4.83. The monoisotopic (exact) mass is 457 g/mol. The predicted molar refractivity (Wildman–Crippen MR) is 119 cm³/mol. The van der Waals surface area contributed by atoms with E-state index < -0.39 is 11.4 Å². The van der Waals surface area contributed by atoms with Gasteiger partial charge in [0.15, 0.2) is 5.65 Å². The number of Topliss-reactive ketones (excluding diaryl/α,β-unsaturated/α-hetero) is 1. The molecule has 0 aliphatic carbocycles. The number of carboxylic acids is 1. The van der Waals surface area contributed by atoms with Crippen molar-refractivity contribution in [1.29, 1.82) is 0 Å². The van der Waals surface area contributed by atoms with Crippen LogP contribution in [-0.2, 0) is 9.53 Å². The fraction of sp³-hybridized carbons (Fsp3) is 0.429. The second-order valence-electron chi connectivity index (χ2n) is 7.78. The molecule has 0 radical (unpaired) electrons. The number of hydrogen-bond acceptors (Lipinski definition) is 9. The van der Waals surface area contributed by atoms with E-state index in [4.69, 9.17) is 4.74 Å². The van der Waals surface area contributed by atoms with E-state index in [1.54, 1.807) is 20.1 Å². The first-order valence-corrected chi connectivity index (χ1v) is 11.0. The normalized spacial score (nSPS) is 14.0. The molecule has 3 aromatic rings. The van der Waals surface area contributed by atoms with Gasteiger partial charge in [0.2, 0.25) is 10.6 Å². The van der Waals surface area contributed by atoms with Crippen molar-refractivity contribution in [3.05, 3.63) is 39.9 Å². The Kier molecular flexibility index (Phi) is 6.28. The van der Waals surface area contributed by atoms with Gasteiger partial charge in [0, 0.05) is 51.0 Å². The molecule has 0 aromatic carbocycles. The van der Waals surface area contributed by atoms with Crippen molar-refractivity contribution in [2.45, 2.75) is 26.2 Å². The zero-order valence-electron chi connectivity index (χ0n) is 17.8. The molecule has 4 rings (SSSR count). The second kappa shape index (κ2) is 9.13. The Morgan fingerprint density at radius 2 is 2.09 bits per heavy atom. The van der Waals surface area contributed by atoms with E-state index in [1.165, 1.54) is 17.1 Å². The number of aryl methyl sites for hydroxylation is 1. The smallest absolute Gasteiger partial charge is 0.341 e. The maximum absolute atomic E-state index is 12.8. The molecule has 1 aliphatic heterocycles. The number of rotatable bonds is 9. The summed E-state index contributed by atoms with van der Waals surface area (Å²) in [5, 5.41) is 10.1. The number of carboxylic acid groups (broad SMARTS) is 1. The number of ketones is 1. The van der Waals surface area contributed by atoms with Gasteiger partial charge < -0.3 is 14.7 Å². The summed E-state index contributed by atoms with van der Waals surface area (Å²) in [6.45, 7) is 3.54. The quantitative estimate of drug-likeness (QED) is 0.480. The Hall–Kier alpha value is -3.18. The van der Waals surface area contributed by atoms with Gasteiger partial charge in [-0.3, -0.25) is 14.2 Å². The van der Waals surface area contributed by atoms with Crippen LogP contribution in [0.2, 0.25) is 0 Å². The van der Waals surface area contributed by atoms with Crippen molar-refractivity contribution in [1.82, 2.24) is 18.9 Å². The Balaban J connectivity index is 1.64. The van der Waals surface area contributed by atoms with Crippen LogP contribution in [0.4, 0.5) is 5.82 Å². The standard InChI is InChI=1S/C21H23N5O5S/c1-12-7-16(25-8-13(9-25)15(27)5-3-4-6-31-2)24-19-17(12)18(28)14(20(29)30)10-26(19)21-22-11-23-32-21/h7,10-11,13H,3-6,8-9H2,1-2H3,(H,29,30). The maximum atomic E-state index is 12.8. The Morgan fingerprint density at radius 1 is 1.31 bits per heavy atom. The molecule has 0 spiro atoms. The molecule has 1 saturated heterocycles. The number of ether oxygens (including phenoxy) is 1. The fourth-order valence-electron chi connectivity index (χ4n) is 3.83. The lowest BCUT2D eigenvalue weighted by atomic mass is 9.92. The lowest BCUT2D eigenvalue weighted by molar-refractivity contribution is -0.123. The molecule has 0 atom stereocenters. The summed E-state index contributed by atoms with van der Waals surface area (Å²) in [5.74, 6) is -0.464. The van der Waals surface area contributed by atoms with Gasteiger partial charge in [-0.2, -0.15) is 4.37 Å². The minimum Gasteiger partial charge on any atom is -0.477 e. The third-order valence-electron chi connectivity index (χ3n) is 5.61. The number of carbonyl (C=O) groups is 2. The first kappa shape index (κ1) is 22.0. The second-order valence-corrected chi connectivity index (χ2v) is 8.54. The Labute approximate surface area is 187 Å². The fourth-order valence-corrected chi connectivity index (χ4v) is 4.34. The zero-order valence-corrected chi connectivity index (χ0v) is 18.6. The largest absolute Gasteiger partial charge is 0.477 e. The molecule has 1 N–H and O–H groups in total. The number of aromatic nitrogens is 4. The highest BCUT2D eigenvalue weighted by Crippen LogP contribution is 2.29. The van der Waals surface area contributed by atoms with Gasteiger partial charge in [-0.05, 0) is 31.4 Å². The van der Waals surface area contributed by atoms with Crippen molar-refractivity contribution in [2.75, 3.05) is 31.7 Å². The number of aromatic carboxylic acids is 1. The average molecular weight is 458 g/mol. The summed E-state index contributed by atoms with van der Waals surface area (Å²) < 4.78 is 10.5. The van der Waals surface area contributed by atoms with Crippen molar-refractivity contribution >= 4 is 40.1 Å². The molecular formula is C21H23N5O5S. The maximum Gasteiger partial charge on any atom is 0.341 e. The summed E-state index contributed by atoms with van der Waals surface area (Å²) in [4.78, 5) is 47.7. The van der Waals surface area contributed by atoms with Crippen LogP contribution >= 0.6 is 11.5 Å². The van der Waals surface area contributed by atoms with Gasteiger partial charge in [0.1, 0.15) is 23.5 Å².